The minimum Gasteiger partial charge on any atom is -0.461 e. The average molecular weight is 343 g/mol. The molecule has 1 aromatic carbocycles. The minimum absolute atomic E-state index is 0.0255. The summed E-state index contributed by atoms with van der Waals surface area (Å²) in [6.07, 6.45) is -5.10. The smallest absolute Gasteiger partial charge is 0.461 e. The number of oxazole rings is 1. The molecule has 0 saturated heterocycles. The first kappa shape index (κ1) is 17.3. The van der Waals surface area contributed by atoms with E-state index in [9.17, 15) is 22.8 Å². The monoisotopic (exact) mass is 343 g/mol. The zero-order chi connectivity index (χ0) is 17.7. The number of carbonyl (C=O) groups is 2. The molecule has 10 heteroatoms. The van der Waals surface area contributed by atoms with Crippen molar-refractivity contribution in [2.45, 2.75) is 13.1 Å². The van der Waals surface area contributed by atoms with Crippen LogP contribution in [0.3, 0.4) is 0 Å². The predicted molar refractivity (Wildman–Crippen MR) is 75.7 cm³/mol. The first-order valence-electron chi connectivity index (χ1n) is 6.69. The van der Waals surface area contributed by atoms with Crippen LogP contribution in [0.25, 0.3) is 11.5 Å². The molecule has 0 spiro atoms. The summed E-state index contributed by atoms with van der Waals surface area (Å²) in [6.45, 7) is 1.58. The van der Waals surface area contributed by atoms with Crippen LogP contribution < -0.4 is 10.9 Å². The van der Waals surface area contributed by atoms with E-state index >= 15 is 0 Å². The lowest BCUT2D eigenvalue weighted by Gasteiger charge is -2.08. The summed E-state index contributed by atoms with van der Waals surface area (Å²) < 4.78 is 46.6. The van der Waals surface area contributed by atoms with Crippen LogP contribution in [0.4, 0.5) is 19.1 Å². The van der Waals surface area contributed by atoms with Crippen molar-refractivity contribution in [3.63, 3.8) is 0 Å². The summed E-state index contributed by atoms with van der Waals surface area (Å²) in [5.74, 6) is -3.66. The van der Waals surface area contributed by atoms with Crippen LogP contribution in [0.1, 0.15) is 17.4 Å². The van der Waals surface area contributed by atoms with Gasteiger partial charge in [-0.05, 0) is 19.1 Å². The third kappa shape index (κ3) is 4.03. The van der Waals surface area contributed by atoms with Crippen LogP contribution in [-0.2, 0) is 9.53 Å². The van der Waals surface area contributed by atoms with Crippen LogP contribution in [0, 0.1) is 0 Å². The molecule has 1 amide bonds. The number of halogens is 3. The third-order valence-corrected chi connectivity index (χ3v) is 2.66. The summed E-state index contributed by atoms with van der Waals surface area (Å²) in [6, 6.07) is 8.35. The second-order valence-corrected chi connectivity index (χ2v) is 4.36. The number of nitrogens with one attached hydrogen (secondary N) is 2. The third-order valence-electron chi connectivity index (χ3n) is 2.66. The number of hydrazine groups is 1. The Bertz CT molecular complexity index is 729. The summed E-state index contributed by atoms with van der Waals surface area (Å²) in [7, 11) is 0. The van der Waals surface area contributed by atoms with Crippen LogP contribution in [0.5, 0.6) is 0 Å². The van der Waals surface area contributed by atoms with Gasteiger partial charge >= 0.3 is 18.1 Å². The Morgan fingerprint density at radius 2 is 1.92 bits per heavy atom. The molecular formula is C14H12F3N3O4. The zero-order valence-corrected chi connectivity index (χ0v) is 12.3. The molecule has 0 saturated carbocycles. The number of hydrogen-bond donors (Lipinski definition) is 2. The van der Waals surface area contributed by atoms with Gasteiger partial charge in [-0.1, -0.05) is 18.2 Å². The molecule has 0 aliphatic carbocycles. The highest BCUT2D eigenvalue weighted by atomic mass is 19.4. The van der Waals surface area contributed by atoms with Gasteiger partial charge in [-0.25, -0.2) is 4.79 Å². The second-order valence-electron chi connectivity index (χ2n) is 4.36. The van der Waals surface area contributed by atoms with Gasteiger partial charge in [0.2, 0.25) is 17.5 Å². The number of alkyl halides is 3. The number of hydrogen-bond acceptors (Lipinski definition) is 6. The van der Waals surface area contributed by atoms with Crippen LogP contribution in [0.2, 0.25) is 0 Å². The Labute approximate surface area is 133 Å². The van der Waals surface area contributed by atoms with Crippen molar-refractivity contribution in [2.24, 2.45) is 0 Å². The molecule has 128 valence electrons. The van der Waals surface area contributed by atoms with Gasteiger partial charge < -0.3 is 9.15 Å². The quantitative estimate of drug-likeness (QED) is 0.640. The summed E-state index contributed by atoms with van der Waals surface area (Å²) >= 11 is 0. The molecule has 0 radical (unpaired) electrons. The molecule has 0 fully saturated rings. The highest BCUT2D eigenvalue weighted by Crippen LogP contribution is 2.26. The molecule has 0 unspecified atom stereocenters. The van der Waals surface area contributed by atoms with E-state index in [2.05, 4.69) is 4.98 Å². The van der Waals surface area contributed by atoms with Crippen molar-refractivity contribution in [1.29, 1.82) is 0 Å². The maximum Gasteiger partial charge on any atom is 0.472 e. The van der Waals surface area contributed by atoms with Gasteiger partial charge in [0.05, 0.1) is 6.61 Å². The topological polar surface area (TPSA) is 93.5 Å². The SMILES string of the molecule is CCOC(=O)c1nc(-c2ccccc2)oc1NNC(=O)C(F)(F)F. The second kappa shape index (κ2) is 7.02. The highest BCUT2D eigenvalue weighted by molar-refractivity contribution is 5.93. The fourth-order valence-corrected chi connectivity index (χ4v) is 1.63. The van der Waals surface area contributed by atoms with Crippen molar-refractivity contribution in [3.8, 4) is 11.5 Å². The van der Waals surface area contributed by atoms with Gasteiger partial charge in [-0.3, -0.25) is 15.6 Å². The first-order valence-corrected chi connectivity index (χ1v) is 6.69. The van der Waals surface area contributed by atoms with E-state index in [0.29, 0.717) is 5.56 Å². The molecule has 7 nitrogen and oxygen atoms in total. The number of ether oxygens (including phenoxy) is 1. The zero-order valence-electron chi connectivity index (χ0n) is 12.3. The van der Waals surface area contributed by atoms with E-state index < -0.39 is 29.6 Å². The molecule has 0 aliphatic heterocycles. The lowest BCUT2D eigenvalue weighted by Crippen LogP contribution is -2.40. The van der Waals surface area contributed by atoms with E-state index in [1.165, 1.54) is 5.43 Å². The summed E-state index contributed by atoms with van der Waals surface area (Å²) in [5, 5.41) is 0. The fraction of sp³-hybridized carbons (Fsp3) is 0.214. The first-order chi connectivity index (χ1) is 11.3. The van der Waals surface area contributed by atoms with Crippen molar-refractivity contribution in [3.05, 3.63) is 36.0 Å². The van der Waals surface area contributed by atoms with Crippen LogP contribution in [-0.4, -0.2) is 29.6 Å². The predicted octanol–water partition coefficient (Wildman–Crippen LogP) is 2.52. The molecular weight excluding hydrogens is 331 g/mol. The Kier molecular flexibility index (Phi) is 5.07. The standard InChI is InChI=1S/C14H12F3N3O4/c1-2-23-12(21)9-11(19-20-13(22)14(15,16)17)24-10(18-9)8-6-4-3-5-7-8/h3-7,19H,2H2,1H3,(H,20,22). The number of amides is 1. The number of anilines is 1. The maximum atomic E-state index is 12.2. The molecule has 0 atom stereocenters. The lowest BCUT2D eigenvalue weighted by atomic mass is 10.2. The molecule has 0 bridgehead atoms. The van der Waals surface area contributed by atoms with Gasteiger partial charge in [0.15, 0.2) is 0 Å². The van der Waals surface area contributed by atoms with Crippen molar-refractivity contribution in [2.75, 3.05) is 12.0 Å². The van der Waals surface area contributed by atoms with E-state index in [-0.39, 0.29) is 12.5 Å². The van der Waals surface area contributed by atoms with Crippen molar-refractivity contribution >= 4 is 17.8 Å². The highest BCUT2D eigenvalue weighted by Gasteiger charge is 2.39. The van der Waals surface area contributed by atoms with Crippen molar-refractivity contribution in [1.82, 2.24) is 10.4 Å². The van der Waals surface area contributed by atoms with E-state index in [4.69, 9.17) is 9.15 Å². The van der Waals surface area contributed by atoms with Gasteiger partial charge in [0, 0.05) is 5.56 Å². The lowest BCUT2D eigenvalue weighted by molar-refractivity contribution is -0.173. The normalized spacial score (nSPS) is 11.0. The molecule has 1 heterocycles. The number of rotatable bonds is 5. The Balaban J connectivity index is 2.29. The van der Waals surface area contributed by atoms with Gasteiger partial charge in [0.1, 0.15) is 0 Å². The summed E-state index contributed by atoms with van der Waals surface area (Å²) in [5.41, 5.74) is 3.38. The van der Waals surface area contributed by atoms with Crippen LogP contribution >= 0.6 is 0 Å². The summed E-state index contributed by atoms with van der Waals surface area (Å²) in [4.78, 5) is 26.6. The maximum absolute atomic E-state index is 12.2. The number of aromatic nitrogens is 1. The molecule has 2 N–H and O–H groups in total. The van der Waals surface area contributed by atoms with E-state index in [1.807, 2.05) is 5.43 Å². The molecule has 2 aromatic rings. The number of nitrogens with zero attached hydrogens (tertiary/aromatic N) is 1. The van der Waals surface area contributed by atoms with Gasteiger partial charge in [-0.15, -0.1) is 0 Å². The Morgan fingerprint density at radius 3 is 2.50 bits per heavy atom. The van der Waals surface area contributed by atoms with Gasteiger partial charge in [-0.2, -0.15) is 18.2 Å². The molecule has 2 rings (SSSR count). The number of benzene rings is 1. The fourth-order valence-electron chi connectivity index (χ4n) is 1.63. The van der Waals surface area contributed by atoms with Crippen molar-refractivity contribution < 1.29 is 31.9 Å². The molecule has 24 heavy (non-hydrogen) atoms. The molecule has 0 aliphatic rings. The van der Waals surface area contributed by atoms with Crippen LogP contribution in [0.15, 0.2) is 34.7 Å². The average Bonchev–Trinajstić information content (AvgIpc) is 2.97. The van der Waals surface area contributed by atoms with Gasteiger partial charge in [0.25, 0.3) is 0 Å². The van der Waals surface area contributed by atoms with E-state index in [0.717, 1.165) is 0 Å². The Hall–Kier alpha value is -3.04. The number of carbonyl (C=O) groups excluding carboxylic acids is 2. The van der Waals surface area contributed by atoms with E-state index in [1.54, 1.807) is 37.3 Å². The number of esters is 1. The largest absolute Gasteiger partial charge is 0.472 e. The Morgan fingerprint density at radius 1 is 1.25 bits per heavy atom. The minimum atomic E-state index is -5.10. The molecule has 1 aromatic heterocycles.